The van der Waals surface area contributed by atoms with Crippen LogP contribution in [-0.4, -0.2) is 23.7 Å². The van der Waals surface area contributed by atoms with Crippen LogP contribution in [0.1, 0.15) is 25.8 Å². The Labute approximate surface area is 107 Å². The van der Waals surface area contributed by atoms with E-state index in [1.54, 1.807) is 7.11 Å². The van der Waals surface area contributed by atoms with Crippen LogP contribution in [0.2, 0.25) is 0 Å². The van der Waals surface area contributed by atoms with Gasteiger partial charge in [-0.1, -0.05) is 26.0 Å². The fraction of sp³-hybridized carbons (Fsp3) is 0.571. The van der Waals surface area contributed by atoms with Gasteiger partial charge in [0.05, 0.1) is 12.7 Å². The quantitative estimate of drug-likeness (QED) is 0.877. The monoisotopic (exact) mass is 252 g/mol. The summed E-state index contributed by atoms with van der Waals surface area (Å²) in [6.07, 6.45) is 0.806. The van der Waals surface area contributed by atoms with Crippen LogP contribution in [0, 0.1) is 5.41 Å². The molecule has 1 aliphatic rings. The van der Waals surface area contributed by atoms with Crippen LogP contribution in [0.4, 0.5) is 0 Å². The minimum absolute atomic E-state index is 0.181. The van der Waals surface area contributed by atoms with Crippen molar-refractivity contribution in [1.29, 1.82) is 0 Å². The Morgan fingerprint density at radius 2 is 2.06 bits per heavy atom. The van der Waals surface area contributed by atoms with Gasteiger partial charge in [-0.2, -0.15) is 11.8 Å². The molecule has 3 heteroatoms. The summed E-state index contributed by atoms with van der Waals surface area (Å²) in [5.41, 5.74) is 0.430. The highest BCUT2D eigenvalue weighted by Crippen LogP contribution is 2.44. The molecule has 0 bridgehead atoms. The highest BCUT2D eigenvalue weighted by molar-refractivity contribution is 7.99. The van der Waals surface area contributed by atoms with Gasteiger partial charge in [-0.15, -0.1) is 0 Å². The van der Waals surface area contributed by atoms with Crippen molar-refractivity contribution in [3.63, 3.8) is 0 Å². The maximum atomic E-state index is 10.8. The van der Waals surface area contributed by atoms with Crippen molar-refractivity contribution >= 4 is 11.8 Å². The predicted octanol–water partition coefficient (Wildman–Crippen LogP) is 3.05. The number of hydrogen-bond acceptors (Lipinski definition) is 3. The lowest BCUT2D eigenvalue weighted by molar-refractivity contribution is 0.0155. The lowest BCUT2D eigenvalue weighted by Crippen LogP contribution is -2.40. The van der Waals surface area contributed by atoms with Crippen LogP contribution in [0.15, 0.2) is 24.3 Å². The molecule has 0 spiro atoms. The third kappa shape index (κ3) is 2.78. The van der Waals surface area contributed by atoms with Crippen molar-refractivity contribution in [3.8, 4) is 5.75 Å². The Balaban J connectivity index is 2.30. The molecule has 1 N–H and O–H groups in total. The SMILES string of the molecule is COc1cccc(C2(O)CSCC(C)(C)C2)c1. The number of rotatable bonds is 2. The van der Waals surface area contributed by atoms with E-state index >= 15 is 0 Å². The smallest absolute Gasteiger partial charge is 0.119 e. The van der Waals surface area contributed by atoms with Crippen LogP contribution in [0.25, 0.3) is 0 Å². The van der Waals surface area contributed by atoms with Gasteiger partial charge in [-0.25, -0.2) is 0 Å². The molecule has 94 valence electrons. The van der Waals surface area contributed by atoms with Crippen molar-refractivity contribution in [2.75, 3.05) is 18.6 Å². The maximum absolute atomic E-state index is 10.8. The third-order valence-corrected chi connectivity index (χ3v) is 4.88. The first kappa shape index (κ1) is 12.8. The standard InChI is InChI=1S/C14H20O2S/c1-13(2)8-14(15,10-17-9-13)11-5-4-6-12(7-11)16-3/h4-7,15H,8-10H2,1-3H3. The molecule has 0 amide bonds. The number of aliphatic hydroxyl groups is 1. The fourth-order valence-electron chi connectivity index (χ4n) is 2.49. The normalized spacial score (nSPS) is 27.8. The molecule has 0 saturated carbocycles. The Morgan fingerprint density at radius 1 is 1.29 bits per heavy atom. The molecule has 1 aromatic carbocycles. The topological polar surface area (TPSA) is 29.5 Å². The fourth-order valence-corrected chi connectivity index (χ4v) is 3.85. The van der Waals surface area contributed by atoms with Crippen LogP contribution in [0.3, 0.4) is 0 Å². The number of hydrogen-bond donors (Lipinski definition) is 1. The highest BCUT2D eigenvalue weighted by atomic mass is 32.2. The summed E-state index contributed by atoms with van der Waals surface area (Å²) in [4.78, 5) is 0. The zero-order valence-electron chi connectivity index (χ0n) is 10.7. The molecule has 0 aliphatic carbocycles. The highest BCUT2D eigenvalue weighted by Gasteiger charge is 2.40. The number of ether oxygens (including phenoxy) is 1. The Kier molecular flexibility index (Phi) is 3.41. The van der Waals surface area contributed by atoms with E-state index in [1.807, 2.05) is 36.0 Å². The van der Waals surface area contributed by atoms with E-state index in [9.17, 15) is 5.11 Å². The summed E-state index contributed by atoms with van der Waals surface area (Å²) in [5, 5.41) is 10.8. The Bertz CT molecular complexity index is 403. The van der Waals surface area contributed by atoms with Gasteiger partial charge in [-0.05, 0) is 35.3 Å². The van der Waals surface area contributed by atoms with Gasteiger partial charge in [0.25, 0.3) is 0 Å². The van der Waals surface area contributed by atoms with E-state index in [-0.39, 0.29) is 5.41 Å². The molecule has 1 aromatic rings. The average molecular weight is 252 g/mol. The molecule has 2 rings (SSSR count). The minimum Gasteiger partial charge on any atom is -0.497 e. The second-order valence-electron chi connectivity index (χ2n) is 5.60. The Morgan fingerprint density at radius 3 is 2.71 bits per heavy atom. The Hall–Kier alpha value is -0.670. The predicted molar refractivity (Wildman–Crippen MR) is 72.6 cm³/mol. The van der Waals surface area contributed by atoms with E-state index in [2.05, 4.69) is 13.8 Å². The number of thioether (sulfide) groups is 1. The zero-order valence-corrected chi connectivity index (χ0v) is 11.5. The molecule has 17 heavy (non-hydrogen) atoms. The third-order valence-electron chi connectivity index (χ3n) is 3.21. The molecule has 1 fully saturated rings. The van der Waals surface area contributed by atoms with E-state index in [0.717, 1.165) is 29.2 Å². The van der Waals surface area contributed by atoms with Gasteiger partial charge in [0.1, 0.15) is 5.75 Å². The second kappa shape index (κ2) is 4.54. The van der Waals surface area contributed by atoms with Gasteiger partial charge in [-0.3, -0.25) is 0 Å². The lowest BCUT2D eigenvalue weighted by Gasteiger charge is -2.41. The number of methoxy groups -OCH3 is 1. The van der Waals surface area contributed by atoms with Crippen LogP contribution >= 0.6 is 11.8 Å². The van der Waals surface area contributed by atoms with E-state index < -0.39 is 5.60 Å². The summed E-state index contributed by atoms with van der Waals surface area (Å²) in [6.45, 7) is 4.43. The van der Waals surface area contributed by atoms with E-state index in [4.69, 9.17) is 4.74 Å². The van der Waals surface area contributed by atoms with Crippen molar-refractivity contribution in [2.45, 2.75) is 25.9 Å². The first-order valence-electron chi connectivity index (χ1n) is 5.90. The molecule has 1 aliphatic heterocycles. The molecule has 0 aromatic heterocycles. The molecule has 1 atom stereocenters. The summed E-state index contributed by atoms with van der Waals surface area (Å²) >= 11 is 1.83. The van der Waals surface area contributed by atoms with Gasteiger partial charge in [0, 0.05) is 5.75 Å². The summed E-state index contributed by atoms with van der Waals surface area (Å²) in [7, 11) is 1.66. The van der Waals surface area contributed by atoms with Crippen LogP contribution in [0.5, 0.6) is 5.75 Å². The molecular formula is C14H20O2S. The van der Waals surface area contributed by atoms with Crippen LogP contribution < -0.4 is 4.74 Å². The number of benzene rings is 1. The first-order chi connectivity index (χ1) is 7.95. The van der Waals surface area contributed by atoms with Crippen molar-refractivity contribution in [2.24, 2.45) is 5.41 Å². The zero-order chi connectivity index (χ0) is 12.5. The summed E-state index contributed by atoms with van der Waals surface area (Å²) in [5.74, 6) is 2.69. The molecule has 1 unspecified atom stereocenters. The van der Waals surface area contributed by atoms with Gasteiger partial charge >= 0.3 is 0 Å². The first-order valence-corrected chi connectivity index (χ1v) is 7.05. The molecular weight excluding hydrogens is 232 g/mol. The van der Waals surface area contributed by atoms with Gasteiger partial charge in [0.15, 0.2) is 0 Å². The minimum atomic E-state index is -0.721. The molecule has 2 nitrogen and oxygen atoms in total. The van der Waals surface area contributed by atoms with Gasteiger partial charge in [0.2, 0.25) is 0 Å². The molecule has 1 heterocycles. The van der Waals surface area contributed by atoms with Gasteiger partial charge < -0.3 is 9.84 Å². The average Bonchev–Trinajstić information content (AvgIpc) is 2.27. The second-order valence-corrected chi connectivity index (χ2v) is 6.58. The van der Waals surface area contributed by atoms with Crippen molar-refractivity contribution in [1.82, 2.24) is 0 Å². The molecule has 1 saturated heterocycles. The largest absolute Gasteiger partial charge is 0.497 e. The lowest BCUT2D eigenvalue weighted by atomic mass is 9.78. The van der Waals surface area contributed by atoms with E-state index in [0.29, 0.717) is 0 Å². The van der Waals surface area contributed by atoms with Crippen molar-refractivity contribution < 1.29 is 9.84 Å². The van der Waals surface area contributed by atoms with Crippen molar-refractivity contribution in [3.05, 3.63) is 29.8 Å². The van der Waals surface area contributed by atoms with Crippen LogP contribution in [-0.2, 0) is 5.60 Å². The van der Waals surface area contributed by atoms with E-state index in [1.165, 1.54) is 0 Å². The summed E-state index contributed by atoms with van der Waals surface area (Å²) in [6, 6.07) is 7.79. The maximum Gasteiger partial charge on any atom is 0.119 e. The summed E-state index contributed by atoms with van der Waals surface area (Å²) < 4.78 is 5.22. The molecule has 0 radical (unpaired) electrons.